The van der Waals surface area contributed by atoms with E-state index in [0.29, 0.717) is 11.7 Å². The highest BCUT2D eigenvalue weighted by Gasteiger charge is 2.16. The molecule has 0 saturated heterocycles. The molecule has 0 heterocycles. The molecule has 11 heavy (non-hydrogen) atoms. The molecule has 0 aromatic heterocycles. The number of benzene rings is 1. The summed E-state index contributed by atoms with van der Waals surface area (Å²) in [5.41, 5.74) is 2.23. The average Bonchev–Trinajstić information content (AvgIpc) is 2.76. The Kier molecular flexibility index (Phi) is 1.25. The molecule has 0 aliphatic heterocycles. The van der Waals surface area contributed by atoms with E-state index in [2.05, 4.69) is 12.2 Å². The maximum absolute atomic E-state index is 9.41. The first-order valence-electron chi connectivity index (χ1n) is 3.75. The molecule has 1 heteroatoms. The summed E-state index contributed by atoms with van der Waals surface area (Å²) < 4.78 is 0. The Morgan fingerprint density at radius 3 is 2.64 bits per heavy atom. The van der Waals surface area contributed by atoms with E-state index < -0.39 is 0 Å². The molecule has 1 nitrogen and oxygen atoms in total. The molecule has 0 fully saturated rings. The third-order valence-electron chi connectivity index (χ3n) is 1.93. The van der Waals surface area contributed by atoms with Crippen LogP contribution in [-0.2, 0) is 0 Å². The number of hydrogen-bond donors (Lipinski definition) is 1. The molecular formula is C10H10O. The molecule has 1 aromatic rings. The topological polar surface area (TPSA) is 20.2 Å². The zero-order chi connectivity index (χ0) is 7.84. The smallest absolute Gasteiger partial charge is 0.119 e. The maximum atomic E-state index is 9.41. The van der Waals surface area contributed by atoms with Crippen molar-refractivity contribution in [3.8, 4) is 5.75 Å². The number of aromatic hydroxyl groups is 1. The first kappa shape index (κ1) is 6.47. The fraction of sp³-hybridized carbons (Fsp3) is 0.200. The number of allylic oxidation sites excluding steroid dienone is 2. The molecule has 0 bridgehead atoms. The van der Waals surface area contributed by atoms with Gasteiger partial charge in [-0.15, -0.1) is 0 Å². The summed E-state index contributed by atoms with van der Waals surface area (Å²) in [5.74, 6) is 0.806. The van der Waals surface area contributed by atoms with E-state index in [1.54, 1.807) is 6.07 Å². The van der Waals surface area contributed by atoms with Crippen LogP contribution in [0.2, 0.25) is 0 Å². The Balaban J connectivity index is 2.43. The summed E-state index contributed by atoms with van der Waals surface area (Å²) in [6, 6.07) is 5.70. The minimum absolute atomic E-state index is 0.398. The van der Waals surface area contributed by atoms with Crippen LogP contribution in [0.4, 0.5) is 0 Å². The Hall–Kier alpha value is -1.24. The second-order valence-corrected chi connectivity index (χ2v) is 2.97. The summed E-state index contributed by atoms with van der Waals surface area (Å²) in [7, 11) is 0. The van der Waals surface area contributed by atoms with E-state index in [1.807, 2.05) is 19.1 Å². The van der Waals surface area contributed by atoms with Crippen LogP contribution in [0.1, 0.15) is 17.0 Å². The Morgan fingerprint density at radius 1 is 1.27 bits per heavy atom. The standard InChI is InChI=1S/C10H10O/c1-7-2-5-10(11)9(6-7)8-3-4-8/h2-6,8,11H,1H3. The highest BCUT2D eigenvalue weighted by molar-refractivity contribution is 5.47. The first-order valence-corrected chi connectivity index (χ1v) is 3.75. The number of hydrogen-bond acceptors (Lipinski definition) is 1. The van der Waals surface area contributed by atoms with Crippen molar-refractivity contribution in [2.75, 3.05) is 0 Å². The van der Waals surface area contributed by atoms with Gasteiger partial charge in [0.2, 0.25) is 0 Å². The predicted octanol–water partition coefficient (Wildman–Crippen LogP) is 2.35. The largest absolute Gasteiger partial charge is 0.508 e. The summed E-state index contributed by atoms with van der Waals surface area (Å²) >= 11 is 0. The van der Waals surface area contributed by atoms with Crippen LogP contribution >= 0.6 is 0 Å². The minimum atomic E-state index is 0.398. The predicted molar refractivity (Wildman–Crippen MR) is 44.7 cm³/mol. The van der Waals surface area contributed by atoms with Gasteiger partial charge < -0.3 is 5.11 Å². The van der Waals surface area contributed by atoms with E-state index in [4.69, 9.17) is 0 Å². The zero-order valence-electron chi connectivity index (χ0n) is 6.41. The van der Waals surface area contributed by atoms with Gasteiger partial charge in [0.05, 0.1) is 0 Å². The van der Waals surface area contributed by atoms with Gasteiger partial charge in [0, 0.05) is 11.5 Å². The Morgan fingerprint density at radius 2 is 2.00 bits per heavy atom. The number of phenolic OH excluding ortho intramolecular Hbond substituents is 1. The van der Waals surface area contributed by atoms with Crippen molar-refractivity contribution in [1.29, 1.82) is 0 Å². The summed E-state index contributed by atoms with van der Waals surface area (Å²) in [5, 5.41) is 9.41. The molecule has 0 unspecified atom stereocenters. The van der Waals surface area contributed by atoms with Crippen LogP contribution < -0.4 is 0 Å². The second-order valence-electron chi connectivity index (χ2n) is 2.97. The lowest BCUT2D eigenvalue weighted by atomic mass is 10.1. The van der Waals surface area contributed by atoms with Crippen molar-refractivity contribution in [3.05, 3.63) is 41.5 Å². The van der Waals surface area contributed by atoms with Gasteiger partial charge in [0.25, 0.3) is 0 Å². The molecule has 56 valence electrons. The monoisotopic (exact) mass is 146 g/mol. The molecule has 2 rings (SSSR count). The van der Waals surface area contributed by atoms with Crippen LogP contribution in [0, 0.1) is 6.92 Å². The number of rotatable bonds is 1. The van der Waals surface area contributed by atoms with Crippen molar-refractivity contribution in [3.63, 3.8) is 0 Å². The van der Waals surface area contributed by atoms with Gasteiger partial charge in [-0.3, -0.25) is 0 Å². The molecule has 0 radical (unpaired) electrons. The third kappa shape index (κ3) is 1.14. The molecule has 1 aromatic carbocycles. The van der Waals surface area contributed by atoms with Crippen molar-refractivity contribution >= 4 is 0 Å². The maximum Gasteiger partial charge on any atom is 0.119 e. The number of phenols is 1. The van der Waals surface area contributed by atoms with E-state index in [9.17, 15) is 5.11 Å². The minimum Gasteiger partial charge on any atom is -0.508 e. The second kappa shape index (κ2) is 2.12. The van der Waals surface area contributed by atoms with Crippen LogP contribution in [0.3, 0.4) is 0 Å². The molecule has 1 aliphatic carbocycles. The van der Waals surface area contributed by atoms with E-state index in [0.717, 1.165) is 5.56 Å². The highest BCUT2D eigenvalue weighted by atomic mass is 16.3. The van der Waals surface area contributed by atoms with Gasteiger partial charge in [-0.25, -0.2) is 0 Å². The van der Waals surface area contributed by atoms with Gasteiger partial charge >= 0.3 is 0 Å². The van der Waals surface area contributed by atoms with Gasteiger partial charge in [0.1, 0.15) is 5.75 Å². The first-order chi connectivity index (χ1) is 5.27. The molecule has 1 aliphatic rings. The van der Waals surface area contributed by atoms with Crippen LogP contribution in [-0.4, -0.2) is 5.11 Å². The molecule has 0 amide bonds. The lowest BCUT2D eigenvalue weighted by molar-refractivity contribution is 0.469. The van der Waals surface area contributed by atoms with Gasteiger partial charge in [-0.1, -0.05) is 29.8 Å². The molecule has 0 saturated carbocycles. The molecule has 1 N–H and O–H groups in total. The van der Waals surface area contributed by atoms with Crippen LogP contribution in [0.15, 0.2) is 30.4 Å². The van der Waals surface area contributed by atoms with E-state index >= 15 is 0 Å². The van der Waals surface area contributed by atoms with Crippen molar-refractivity contribution in [2.45, 2.75) is 12.8 Å². The lowest BCUT2D eigenvalue weighted by Crippen LogP contribution is -1.82. The van der Waals surface area contributed by atoms with Crippen LogP contribution in [0.5, 0.6) is 5.75 Å². The summed E-state index contributed by atoms with van der Waals surface area (Å²) in [6.07, 6.45) is 4.16. The lowest BCUT2D eigenvalue weighted by Gasteiger charge is -2.02. The fourth-order valence-corrected chi connectivity index (χ4v) is 1.20. The molecule has 0 spiro atoms. The van der Waals surface area contributed by atoms with Gasteiger partial charge in [0.15, 0.2) is 0 Å². The normalized spacial score (nSPS) is 15.4. The average molecular weight is 146 g/mol. The quantitative estimate of drug-likeness (QED) is 0.603. The zero-order valence-corrected chi connectivity index (χ0v) is 6.41. The van der Waals surface area contributed by atoms with Gasteiger partial charge in [-0.05, 0) is 13.0 Å². The van der Waals surface area contributed by atoms with E-state index in [-0.39, 0.29) is 0 Å². The highest BCUT2D eigenvalue weighted by Crippen LogP contribution is 2.35. The van der Waals surface area contributed by atoms with E-state index in [1.165, 1.54) is 5.56 Å². The summed E-state index contributed by atoms with van der Waals surface area (Å²) in [6.45, 7) is 2.03. The SMILES string of the molecule is Cc1ccc(O)c(C2C=C2)c1. The Labute approximate surface area is 66.0 Å². The van der Waals surface area contributed by atoms with Crippen LogP contribution in [0.25, 0.3) is 0 Å². The summed E-state index contributed by atoms with van der Waals surface area (Å²) in [4.78, 5) is 0. The third-order valence-corrected chi connectivity index (χ3v) is 1.93. The van der Waals surface area contributed by atoms with Gasteiger partial charge in [-0.2, -0.15) is 0 Å². The van der Waals surface area contributed by atoms with Crippen molar-refractivity contribution < 1.29 is 5.11 Å². The molecular weight excluding hydrogens is 136 g/mol. The fourth-order valence-electron chi connectivity index (χ4n) is 1.20. The number of aryl methyl sites for hydroxylation is 1. The van der Waals surface area contributed by atoms with Crippen molar-refractivity contribution in [2.24, 2.45) is 0 Å². The Bertz CT molecular complexity index is 307. The van der Waals surface area contributed by atoms with Crippen molar-refractivity contribution in [1.82, 2.24) is 0 Å². The molecule has 0 atom stereocenters.